The van der Waals surface area contributed by atoms with Crippen LogP contribution in [0.1, 0.15) is 17.4 Å². The van der Waals surface area contributed by atoms with E-state index in [1.807, 2.05) is 25.1 Å². The number of hydrogen-bond acceptors (Lipinski definition) is 4. The molecule has 0 aliphatic rings. The molecule has 4 nitrogen and oxygen atoms in total. The molecule has 2 rings (SSSR count). The van der Waals surface area contributed by atoms with Gasteiger partial charge in [-0.25, -0.2) is 4.98 Å². The highest BCUT2D eigenvalue weighted by molar-refractivity contribution is 7.13. The summed E-state index contributed by atoms with van der Waals surface area (Å²) in [6, 6.07) is 7.45. The average molecular weight is 310 g/mol. The fourth-order valence-electron chi connectivity index (χ4n) is 1.58. The van der Waals surface area contributed by atoms with Crippen molar-refractivity contribution in [3.05, 3.63) is 40.4 Å². The fraction of sp³-hybridized carbons (Fsp3) is 0.286. The Morgan fingerprint density at radius 3 is 2.95 bits per heavy atom. The van der Waals surface area contributed by atoms with Gasteiger partial charge in [-0.05, 0) is 18.5 Å². The first-order chi connectivity index (χ1) is 9.61. The van der Waals surface area contributed by atoms with Gasteiger partial charge in [-0.2, -0.15) is 0 Å². The van der Waals surface area contributed by atoms with Gasteiger partial charge in [-0.1, -0.05) is 36.7 Å². The highest BCUT2D eigenvalue weighted by Crippen LogP contribution is 2.29. The Balaban J connectivity index is 2.09. The molecule has 2 aromatic rings. The number of carbonyl (C=O) groups excluding carboxylic acids is 1. The standard InChI is InChI=1S/C14H16ClN3OS/c1-9(6-16)7-17-13(19)12-8-20-14(18-12)10-4-2-3-5-11(10)15/h2-5,8-9H,6-7,16H2,1H3,(H,17,19). The van der Waals surface area contributed by atoms with Gasteiger partial charge in [0.25, 0.3) is 5.91 Å². The molecule has 1 aromatic heterocycles. The number of benzene rings is 1. The molecular formula is C14H16ClN3OS. The smallest absolute Gasteiger partial charge is 0.270 e. The van der Waals surface area contributed by atoms with E-state index in [0.29, 0.717) is 23.8 Å². The monoisotopic (exact) mass is 309 g/mol. The van der Waals surface area contributed by atoms with Gasteiger partial charge in [0, 0.05) is 17.5 Å². The molecule has 0 spiro atoms. The molecule has 0 aliphatic carbocycles. The highest BCUT2D eigenvalue weighted by Gasteiger charge is 2.13. The van der Waals surface area contributed by atoms with Gasteiger partial charge in [0.2, 0.25) is 0 Å². The number of nitrogens with zero attached hydrogens (tertiary/aromatic N) is 1. The SMILES string of the molecule is CC(CN)CNC(=O)c1csc(-c2ccccc2Cl)n1. The molecule has 0 fully saturated rings. The van der Waals surface area contributed by atoms with Crippen molar-refractivity contribution in [3.8, 4) is 10.6 Å². The summed E-state index contributed by atoms with van der Waals surface area (Å²) in [5.41, 5.74) is 6.77. The molecule has 6 heteroatoms. The van der Waals surface area contributed by atoms with Gasteiger partial charge in [-0.15, -0.1) is 11.3 Å². The van der Waals surface area contributed by atoms with E-state index < -0.39 is 0 Å². The van der Waals surface area contributed by atoms with E-state index in [4.69, 9.17) is 17.3 Å². The molecule has 0 bridgehead atoms. The molecule has 1 amide bonds. The van der Waals surface area contributed by atoms with E-state index in [1.165, 1.54) is 11.3 Å². The second-order valence-electron chi connectivity index (χ2n) is 4.57. The molecule has 1 atom stereocenters. The number of thiazole rings is 1. The molecule has 0 saturated carbocycles. The summed E-state index contributed by atoms with van der Waals surface area (Å²) in [6.45, 7) is 3.08. The van der Waals surface area contributed by atoms with Crippen LogP contribution in [-0.4, -0.2) is 24.0 Å². The van der Waals surface area contributed by atoms with Gasteiger partial charge in [0.1, 0.15) is 10.7 Å². The number of hydrogen-bond donors (Lipinski definition) is 2. The van der Waals surface area contributed by atoms with Gasteiger partial charge >= 0.3 is 0 Å². The summed E-state index contributed by atoms with van der Waals surface area (Å²) in [7, 11) is 0. The maximum absolute atomic E-state index is 12.0. The van der Waals surface area contributed by atoms with Crippen molar-refractivity contribution < 1.29 is 4.79 Å². The second-order valence-corrected chi connectivity index (χ2v) is 5.83. The zero-order valence-electron chi connectivity index (χ0n) is 11.1. The minimum Gasteiger partial charge on any atom is -0.350 e. The topological polar surface area (TPSA) is 68.0 Å². The van der Waals surface area contributed by atoms with Gasteiger partial charge in [-0.3, -0.25) is 4.79 Å². The minimum absolute atomic E-state index is 0.181. The van der Waals surface area contributed by atoms with E-state index in [9.17, 15) is 4.79 Å². The quantitative estimate of drug-likeness (QED) is 0.892. The molecule has 106 valence electrons. The first kappa shape index (κ1) is 15.0. The van der Waals surface area contributed by atoms with Crippen molar-refractivity contribution in [3.63, 3.8) is 0 Å². The van der Waals surface area contributed by atoms with Gasteiger partial charge in [0.15, 0.2) is 0 Å². The normalized spacial score (nSPS) is 12.2. The third-order valence-corrected chi connectivity index (χ3v) is 4.06. The number of halogens is 1. The Kier molecular flexibility index (Phi) is 5.11. The first-order valence-corrected chi connectivity index (χ1v) is 7.56. The molecule has 1 heterocycles. The van der Waals surface area contributed by atoms with E-state index in [0.717, 1.165) is 10.6 Å². The lowest BCUT2D eigenvalue weighted by Crippen LogP contribution is -2.31. The Labute approximate surface area is 127 Å². The summed E-state index contributed by atoms with van der Waals surface area (Å²) in [6.07, 6.45) is 0. The molecule has 1 aromatic carbocycles. The van der Waals surface area contributed by atoms with E-state index >= 15 is 0 Å². The predicted molar refractivity (Wildman–Crippen MR) is 83.1 cm³/mol. The van der Waals surface area contributed by atoms with Gasteiger partial charge < -0.3 is 11.1 Å². The minimum atomic E-state index is -0.181. The lowest BCUT2D eigenvalue weighted by Gasteiger charge is -2.08. The van der Waals surface area contributed by atoms with E-state index in [2.05, 4.69) is 10.3 Å². The Hall–Kier alpha value is -1.43. The molecule has 20 heavy (non-hydrogen) atoms. The molecule has 3 N–H and O–H groups in total. The van der Waals surface area contributed by atoms with Crippen LogP contribution in [-0.2, 0) is 0 Å². The lowest BCUT2D eigenvalue weighted by atomic mass is 10.2. The zero-order chi connectivity index (χ0) is 14.5. The highest BCUT2D eigenvalue weighted by atomic mass is 35.5. The summed E-state index contributed by atoms with van der Waals surface area (Å²) >= 11 is 7.53. The number of aromatic nitrogens is 1. The summed E-state index contributed by atoms with van der Waals surface area (Å²) in [4.78, 5) is 16.3. The number of nitrogens with two attached hydrogens (primary N) is 1. The number of nitrogens with one attached hydrogen (secondary N) is 1. The van der Waals surface area contributed by atoms with Crippen LogP contribution in [0.3, 0.4) is 0 Å². The third kappa shape index (κ3) is 3.56. The summed E-state index contributed by atoms with van der Waals surface area (Å²) in [5.74, 6) is 0.0699. The van der Waals surface area contributed by atoms with Crippen molar-refractivity contribution >= 4 is 28.8 Å². The Bertz CT molecular complexity index is 600. The van der Waals surface area contributed by atoms with Crippen LogP contribution < -0.4 is 11.1 Å². The average Bonchev–Trinajstić information content (AvgIpc) is 2.94. The number of amides is 1. The van der Waals surface area contributed by atoms with Crippen LogP contribution >= 0.6 is 22.9 Å². The van der Waals surface area contributed by atoms with Crippen LogP contribution in [0.25, 0.3) is 10.6 Å². The van der Waals surface area contributed by atoms with Crippen LogP contribution in [0.2, 0.25) is 5.02 Å². The number of rotatable bonds is 5. The van der Waals surface area contributed by atoms with Crippen molar-refractivity contribution in [1.82, 2.24) is 10.3 Å². The van der Waals surface area contributed by atoms with Crippen molar-refractivity contribution in [2.24, 2.45) is 11.7 Å². The van der Waals surface area contributed by atoms with Crippen molar-refractivity contribution in [2.45, 2.75) is 6.92 Å². The van der Waals surface area contributed by atoms with Crippen molar-refractivity contribution in [2.75, 3.05) is 13.1 Å². The van der Waals surface area contributed by atoms with Crippen molar-refractivity contribution in [1.29, 1.82) is 0 Å². The summed E-state index contributed by atoms with van der Waals surface area (Å²) < 4.78 is 0. The molecule has 0 saturated heterocycles. The molecule has 0 aliphatic heterocycles. The third-order valence-electron chi connectivity index (χ3n) is 2.85. The van der Waals surface area contributed by atoms with E-state index in [-0.39, 0.29) is 11.8 Å². The molecule has 0 radical (unpaired) electrons. The van der Waals surface area contributed by atoms with Crippen LogP contribution in [0.15, 0.2) is 29.6 Å². The maximum atomic E-state index is 12.0. The number of carbonyl (C=O) groups is 1. The largest absolute Gasteiger partial charge is 0.350 e. The van der Waals surface area contributed by atoms with Gasteiger partial charge in [0.05, 0.1) is 5.02 Å². The predicted octanol–water partition coefficient (Wildman–Crippen LogP) is 2.79. The molecular weight excluding hydrogens is 294 g/mol. The van der Waals surface area contributed by atoms with Crippen LogP contribution in [0.5, 0.6) is 0 Å². The Morgan fingerprint density at radius 1 is 1.50 bits per heavy atom. The first-order valence-electron chi connectivity index (χ1n) is 6.30. The lowest BCUT2D eigenvalue weighted by molar-refractivity contribution is 0.0944. The second kappa shape index (κ2) is 6.83. The molecule has 1 unspecified atom stereocenters. The maximum Gasteiger partial charge on any atom is 0.270 e. The zero-order valence-corrected chi connectivity index (χ0v) is 12.7. The summed E-state index contributed by atoms with van der Waals surface area (Å²) in [5, 5.41) is 5.93. The Morgan fingerprint density at radius 2 is 2.25 bits per heavy atom. The fourth-order valence-corrected chi connectivity index (χ4v) is 2.70. The van der Waals surface area contributed by atoms with E-state index in [1.54, 1.807) is 11.4 Å². The van der Waals surface area contributed by atoms with Crippen LogP contribution in [0.4, 0.5) is 0 Å². The van der Waals surface area contributed by atoms with Crippen LogP contribution in [0, 0.1) is 5.92 Å².